The van der Waals surface area contributed by atoms with Gasteiger partial charge in [-0.1, -0.05) is 15.9 Å². The second kappa shape index (κ2) is 7.79. The van der Waals surface area contributed by atoms with Crippen molar-refractivity contribution in [2.24, 2.45) is 5.73 Å². The van der Waals surface area contributed by atoms with Crippen molar-refractivity contribution < 1.29 is 31.5 Å². The van der Waals surface area contributed by atoms with E-state index in [2.05, 4.69) is 20.7 Å². The fraction of sp³-hybridized carbons (Fsp3) is 0.500. The molecule has 1 atom stereocenters. The molecule has 0 aliphatic rings. The molecule has 0 aromatic heterocycles. The van der Waals surface area contributed by atoms with E-state index in [-0.39, 0.29) is 18.8 Å². The van der Waals surface area contributed by atoms with Crippen LogP contribution in [0.2, 0.25) is 0 Å². The third-order valence-corrected chi connectivity index (χ3v) is 5.16. The molecule has 0 bridgehead atoms. The Bertz CT molecular complexity index is 546. The molecule has 0 unspecified atom stereocenters. The minimum Gasteiger partial charge on any atom is -0.405 e. The predicted molar refractivity (Wildman–Crippen MR) is 78.6 cm³/mol. The molecule has 0 spiro atoms. The average molecular weight is 406 g/mol. The Kier molecular flexibility index (Phi) is 6.88. The minimum absolute atomic E-state index is 0.0362. The molecule has 10 heteroatoms. The van der Waals surface area contributed by atoms with Gasteiger partial charge in [0.2, 0.25) is 0 Å². The maximum Gasteiger partial charge on any atom is 0.573 e. The van der Waals surface area contributed by atoms with Crippen LogP contribution in [0.1, 0.15) is 25.2 Å². The van der Waals surface area contributed by atoms with Gasteiger partial charge in [-0.05, 0) is 32.0 Å². The van der Waals surface area contributed by atoms with Crippen LogP contribution in [0.25, 0.3) is 0 Å². The maximum absolute atomic E-state index is 12.6. The molecule has 0 radical (unpaired) electrons. The molecule has 0 saturated carbocycles. The number of nitrogens with two attached hydrogens (primary N) is 1. The normalized spacial score (nSPS) is 14.0. The number of rotatable bonds is 7. The number of benzene rings is 1. The number of ether oxygens (including phenoxy) is 1. The van der Waals surface area contributed by atoms with Crippen molar-refractivity contribution in [1.82, 2.24) is 0 Å². The van der Waals surface area contributed by atoms with E-state index in [0.29, 0.717) is 4.47 Å². The Morgan fingerprint density at radius 3 is 2.27 bits per heavy atom. The van der Waals surface area contributed by atoms with Crippen molar-refractivity contribution in [3.63, 3.8) is 0 Å². The Hall–Kier alpha value is -0.600. The third-order valence-electron chi connectivity index (χ3n) is 2.47. The smallest absolute Gasteiger partial charge is 0.405 e. The first kappa shape index (κ1) is 19.4. The van der Waals surface area contributed by atoms with Crippen LogP contribution in [0.4, 0.5) is 13.2 Å². The fourth-order valence-corrected chi connectivity index (χ4v) is 3.73. The van der Waals surface area contributed by atoms with E-state index < -0.39 is 25.5 Å². The highest BCUT2D eigenvalue weighted by molar-refractivity contribution is 9.10. The first-order valence-electron chi connectivity index (χ1n) is 6.32. The Balaban J connectivity index is 3.27. The Labute approximate surface area is 134 Å². The van der Waals surface area contributed by atoms with Gasteiger partial charge in [0.05, 0.1) is 13.2 Å². The summed E-state index contributed by atoms with van der Waals surface area (Å²) in [5.74, 6) is -1.97. The number of hydrogen-bond donors (Lipinski definition) is 1. The standard InChI is InChI=1S/C12H16BrF3NO4P/c1-3-19-22(18,20-4-2)11(17)9-7-8(13)5-6-10(9)21-12(14,15)16/h5-7,11H,3-4,17H2,1-2H3/t11-/m0/s1. The Morgan fingerprint density at radius 2 is 1.82 bits per heavy atom. The molecule has 5 nitrogen and oxygen atoms in total. The summed E-state index contributed by atoms with van der Waals surface area (Å²) in [5.41, 5.74) is 5.73. The first-order chi connectivity index (χ1) is 10.1. The van der Waals surface area contributed by atoms with Crippen LogP contribution in [0, 0.1) is 0 Å². The largest absolute Gasteiger partial charge is 0.573 e. The molecule has 0 heterocycles. The van der Waals surface area contributed by atoms with E-state index in [1.165, 1.54) is 12.1 Å². The van der Waals surface area contributed by atoms with E-state index in [0.717, 1.165) is 6.07 Å². The van der Waals surface area contributed by atoms with Gasteiger partial charge in [0.15, 0.2) is 0 Å². The van der Waals surface area contributed by atoms with E-state index in [1.54, 1.807) is 13.8 Å². The van der Waals surface area contributed by atoms with Gasteiger partial charge in [-0.25, -0.2) is 0 Å². The highest BCUT2D eigenvalue weighted by Gasteiger charge is 2.38. The van der Waals surface area contributed by atoms with Gasteiger partial charge in [0.25, 0.3) is 0 Å². The van der Waals surface area contributed by atoms with Gasteiger partial charge in [-0.2, -0.15) is 0 Å². The fourth-order valence-electron chi connectivity index (χ4n) is 1.70. The molecular weight excluding hydrogens is 390 g/mol. The first-order valence-corrected chi connectivity index (χ1v) is 8.73. The van der Waals surface area contributed by atoms with Crippen LogP contribution in [-0.4, -0.2) is 19.6 Å². The van der Waals surface area contributed by atoms with Gasteiger partial charge in [0, 0.05) is 10.0 Å². The molecule has 2 N–H and O–H groups in total. The second-order valence-corrected chi connectivity index (χ2v) is 7.12. The zero-order valence-corrected chi connectivity index (χ0v) is 14.4. The zero-order chi connectivity index (χ0) is 17.0. The number of alkyl halides is 3. The predicted octanol–water partition coefficient (Wildman–Crippen LogP) is 4.57. The molecule has 0 aliphatic carbocycles. The molecule has 0 fully saturated rings. The molecule has 0 aliphatic heterocycles. The van der Waals surface area contributed by atoms with Crippen molar-refractivity contribution >= 4 is 23.5 Å². The molecule has 1 aromatic carbocycles. The van der Waals surface area contributed by atoms with Gasteiger partial charge < -0.3 is 19.5 Å². The quantitative estimate of drug-likeness (QED) is 0.672. The minimum atomic E-state index is -4.90. The molecule has 0 amide bonds. The molecule has 126 valence electrons. The van der Waals surface area contributed by atoms with Crippen LogP contribution >= 0.6 is 23.5 Å². The number of halogens is 4. The highest BCUT2D eigenvalue weighted by Crippen LogP contribution is 2.59. The lowest BCUT2D eigenvalue weighted by Gasteiger charge is -2.25. The maximum atomic E-state index is 12.6. The topological polar surface area (TPSA) is 70.8 Å². The van der Waals surface area contributed by atoms with Crippen molar-refractivity contribution in [3.05, 3.63) is 28.2 Å². The van der Waals surface area contributed by atoms with Crippen molar-refractivity contribution in [2.45, 2.75) is 26.0 Å². The van der Waals surface area contributed by atoms with Crippen LogP contribution in [0.5, 0.6) is 5.75 Å². The lowest BCUT2D eigenvalue weighted by atomic mass is 10.2. The zero-order valence-electron chi connectivity index (χ0n) is 11.9. The SMILES string of the molecule is CCOP(=O)(OCC)[C@H](N)c1cc(Br)ccc1OC(F)(F)F. The van der Waals surface area contributed by atoms with E-state index >= 15 is 0 Å². The molecule has 1 rings (SSSR count). The summed E-state index contributed by atoms with van der Waals surface area (Å²) in [6, 6.07) is 3.72. The monoisotopic (exact) mass is 405 g/mol. The van der Waals surface area contributed by atoms with Crippen molar-refractivity contribution in [2.75, 3.05) is 13.2 Å². The van der Waals surface area contributed by atoms with Crippen LogP contribution < -0.4 is 10.5 Å². The van der Waals surface area contributed by atoms with Crippen molar-refractivity contribution in [1.29, 1.82) is 0 Å². The van der Waals surface area contributed by atoms with Gasteiger partial charge in [-0.3, -0.25) is 4.57 Å². The molecule has 0 saturated heterocycles. The summed E-state index contributed by atoms with van der Waals surface area (Å²) < 4.78 is 64.5. The van der Waals surface area contributed by atoms with Crippen LogP contribution in [-0.2, 0) is 13.6 Å². The summed E-state index contributed by atoms with van der Waals surface area (Å²) in [7, 11) is -3.83. The van der Waals surface area contributed by atoms with E-state index in [4.69, 9.17) is 14.8 Å². The van der Waals surface area contributed by atoms with Crippen LogP contribution in [0.15, 0.2) is 22.7 Å². The van der Waals surface area contributed by atoms with Gasteiger partial charge in [0.1, 0.15) is 11.5 Å². The summed E-state index contributed by atoms with van der Waals surface area (Å²) >= 11 is 3.13. The highest BCUT2D eigenvalue weighted by atomic mass is 79.9. The molecular formula is C12H16BrF3NO4P. The van der Waals surface area contributed by atoms with Gasteiger partial charge in [-0.15, -0.1) is 13.2 Å². The summed E-state index contributed by atoms with van der Waals surface area (Å²) in [5, 5.41) is 0. The lowest BCUT2D eigenvalue weighted by Crippen LogP contribution is -2.21. The van der Waals surface area contributed by atoms with Gasteiger partial charge >= 0.3 is 14.0 Å². The van der Waals surface area contributed by atoms with Crippen LogP contribution in [0.3, 0.4) is 0 Å². The average Bonchev–Trinajstić information content (AvgIpc) is 2.39. The van der Waals surface area contributed by atoms with E-state index in [9.17, 15) is 17.7 Å². The number of hydrogen-bond acceptors (Lipinski definition) is 5. The molecule has 1 aromatic rings. The summed E-state index contributed by atoms with van der Waals surface area (Å²) in [6.45, 7) is 3.22. The summed E-state index contributed by atoms with van der Waals surface area (Å²) in [4.78, 5) is 0. The van der Waals surface area contributed by atoms with Crippen molar-refractivity contribution in [3.8, 4) is 5.75 Å². The second-order valence-electron chi connectivity index (χ2n) is 4.05. The van der Waals surface area contributed by atoms with E-state index in [1.807, 2.05) is 0 Å². The lowest BCUT2D eigenvalue weighted by molar-refractivity contribution is -0.274. The summed E-state index contributed by atoms with van der Waals surface area (Å²) in [6.07, 6.45) is -4.90. The Morgan fingerprint density at radius 1 is 1.27 bits per heavy atom. The molecule has 22 heavy (non-hydrogen) atoms. The third kappa shape index (κ3) is 5.24.